The molecule has 8 heteroatoms. The molecule has 0 aliphatic rings. The normalized spacial score (nSPS) is 11.0. The molecule has 1 heterocycles. The van der Waals surface area contributed by atoms with E-state index in [0.29, 0.717) is 4.88 Å². The van der Waals surface area contributed by atoms with Crippen LogP contribution in [0.4, 0.5) is 5.00 Å². The number of nitrogens with zero attached hydrogens (tertiary/aromatic N) is 3. The molecule has 92 valence electrons. The van der Waals surface area contributed by atoms with Crippen LogP contribution < -0.4 is 5.43 Å². The fourth-order valence-corrected chi connectivity index (χ4v) is 1.69. The summed E-state index contributed by atoms with van der Waals surface area (Å²) >= 11 is 0.996. The molecule has 1 rings (SSSR count). The van der Waals surface area contributed by atoms with E-state index in [4.69, 9.17) is 0 Å². The molecule has 1 amide bonds. The van der Waals surface area contributed by atoms with Gasteiger partial charge in [-0.05, 0) is 20.2 Å². The molecule has 1 aromatic heterocycles. The standard InChI is InChI=1S/C9H12N4O3S/c1-12(2)6-8(14)11-10-5-7-3-4-9(17-7)13(15)16/h3-5H,6H2,1-2H3,(H,11,14)/b10-5+. The average molecular weight is 256 g/mol. The Morgan fingerprint density at radius 2 is 2.35 bits per heavy atom. The lowest BCUT2D eigenvalue weighted by Gasteiger charge is -2.06. The highest BCUT2D eigenvalue weighted by Gasteiger charge is 2.08. The molecule has 0 spiro atoms. The van der Waals surface area contributed by atoms with E-state index in [1.807, 2.05) is 0 Å². The van der Waals surface area contributed by atoms with Gasteiger partial charge in [-0.1, -0.05) is 11.3 Å². The molecule has 0 aliphatic heterocycles. The highest BCUT2D eigenvalue weighted by atomic mass is 32.1. The SMILES string of the molecule is CN(C)CC(=O)N/N=C/c1ccc([N+](=O)[O-])s1. The molecule has 1 aromatic rings. The van der Waals surface area contributed by atoms with Crippen LogP contribution in [0.5, 0.6) is 0 Å². The Hall–Kier alpha value is -1.80. The van der Waals surface area contributed by atoms with Gasteiger partial charge in [-0.3, -0.25) is 14.9 Å². The number of rotatable bonds is 5. The van der Waals surface area contributed by atoms with Gasteiger partial charge in [-0.25, -0.2) is 5.43 Å². The summed E-state index contributed by atoms with van der Waals surface area (Å²) in [5, 5.41) is 14.2. The predicted molar refractivity (Wildman–Crippen MR) is 65.3 cm³/mol. The molecular formula is C9H12N4O3S. The Balaban J connectivity index is 2.48. The van der Waals surface area contributed by atoms with Crippen LogP contribution in [0.2, 0.25) is 0 Å². The topological polar surface area (TPSA) is 87.8 Å². The summed E-state index contributed by atoms with van der Waals surface area (Å²) < 4.78 is 0. The highest BCUT2D eigenvalue weighted by molar-refractivity contribution is 7.16. The highest BCUT2D eigenvalue weighted by Crippen LogP contribution is 2.22. The third-order valence-corrected chi connectivity index (χ3v) is 2.60. The number of likely N-dealkylation sites (N-methyl/N-ethyl adjacent to an activating group) is 1. The van der Waals surface area contributed by atoms with Gasteiger partial charge in [-0.2, -0.15) is 5.10 Å². The summed E-state index contributed by atoms with van der Waals surface area (Å²) in [6.45, 7) is 0.238. The van der Waals surface area contributed by atoms with Crippen LogP contribution in [0.3, 0.4) is 0 Å². The first-order valence-electron chi connectivity index (χ1n) is 4.70. The molecule has 0 bridgehead atoms. The van der Waals surface area contributed by atoms with Crippen molar-refractivity contribution in [1.82, 2.24) is 10.3 Å². The molecule has 0 atom stereocenters. The van der Waals surface area contributed by atoms with E-state index in [0.717, 1.165) is 11.3 Å². The fourth-order valence-electron chi connectivity index (χ4n) is 1.00. The Bertz CT molecular complexity index is 441. The first kappa shape index (κ1) is 13.3. The number of carbonyl (C=O) groups is 1. The second-order valence-corrected chi connectivity index (χ2v) is 4.56. The van der Waals surface area contributed by atoms with Crippen molar-refractivity contribution in [3.05, 3.63) is 27.1 Å². The molecule has 0 unspecified atom stereocenters. The van der Waals surface area contributed by atoms with Crippen molar-refractivity contribution in [2.75, 3.05) is 20.6 Å². The first-order valence-corrected chi connectivity index (χ1v) is 5.51. The summed E-state index contributed by atoms with van der Waals surface area (Å²) in [5.74, 6) is -0.239. The van der Waals surface area contributed by atoms with Gasteiger partial charge in [0.2, 0.25) is 0 Å². The van der Waals surface area contributed by atoms with Gasteiger partial charge in [0, 0.05) is 6.07 Å². The second-order valence-electron chi connectivity index (χ2n) is 3.46. The van der Waals surface area contributed by atoms with Crippen LogP contribution in [-0.4, -0.2) is 42.6 Å². The van der Waals surface area contributed by atoms with E-state index in [-0.39, 0.29) is 17.5 Å². The zero-order valence-electron chi connectivity index (χ0n) is 9.41. The number of amides is 1. The van der Waals surface area contributed by atoms with Gasteiger partial charge in [-0.15, -0.1) is 0 Å². The Morgan fingerprint density at radius 3 is 2.88 bits per heavy atom. The number of thiophene rings is 1. The van der Waals surface area contributed by atoms with Gasteiger partial charge >= 0.3 is 5.00 Å². The molecule has 0 saturated carbocycles. The van der Waals surface area contributed by atoms with Gasteiger partial charge in [0.25, 0.3) is 5.91 Å². The number of hydrogen-bond acceptors (Lipinski definition) is 6. The van der Waals surface area contributed by atoms with Crippen molar-refractivity contribution < 1.29 is 9.72 Å². The lowest BCUT2D eigenvalue weighted by atomic mass is 10.5. The Morgan fingerprint density at radius 1 is 1.65 bits per heavy atom. The van der Waals surface area contributed by atoms with Crippen molar-refractivity contribution in [3.8, 4) is 0 Å². The quantitative estimate of drug-likeness (QED) is 0.476. The van der Waals surface area contributed by atoms with Gasteiger partial charge in [0.05, 0.1) is 22.6 Å². The molecule has 7 nitrogen and oxygen atoms in total. The largest absolute Gasteiger partial charge is 0.324 e. The van der Waals surface area contributed by atoms with E-state index >= 15 is 0 Å². The fraction of sp³-hybridized carbons (Fsp3) is 0.333. The summed E-state index contributed by atoms with van der Waals surface area (Å²) in [7, 11) is 3.54. The van der Waals surface area contributed by atoms with Gasteiger partial charge in [0.1, 0.15) is 0 Å². The monoisotopic (exact) mass is 256 g/mol. The minimum Gasteiger partial charge on any atom is -0.301 e. The summed E-state index contributed by atoms with van der Waals surface area (Å²) in [6.07, 6.45) is 1.38. The molecule has 0 saturated heterocycles. The summed E-state index contributed by atoms with van der Waals surface area (Å²) in [6, 6.07) is 2.97. The van der Waals surface area contributed by atoms with E-state index in [2.05, 4.69) is 10.5 Å². The van der Waals surface area contributed by atoms with Crippen molar-refractivity contribution in [2.24, 2.45) is 5.10 Å². The molecule has 0 aromatic carbocycles. The van der Waals surface area contributed by atoms with Crippen molar-refractivity contribution in [2.45, 2.75) is 0 Å². The maximum absolute atomic E-state index is 11.2. The zero-order valence-corrected chi connectivity index (χ0v) is 10.2. The molecule has 0 aliphatic carbocycles. The molecule has 0 fully saturated rings. The average Bonchev–Trinajstić information content (AvgIpc) is 2.65. The van der Waals surface area contributed by atoms with Crippen molar-refractivity contribution in [1.29, 1.82) is 0 Å². The van der Waals surface area contributed by atoms with E-state index < -0.39 is 4.92 Å². The van der Waals surface area contributed by atoms with E-state index in [1.165, 1.54) is 12.3 Å². The van der Waals surface area contributed by atoms with Crippen molar-refractivity contribution >= 4 is 28.5 Å². The zero-order chi connectivity index (χ0) is 12.8. The molecular weight excluding hydrogens is 244 g/mol. The number of hydrazone groups is 1. The number of nitro groups is 1. The lowest BCUT2D eigenvalue weighted by Crippen LogP contribution is -2.30. The maximum Gasteiger partial charge on any atom is 0.324 e. The van der Waals surface area contributed by atoms with Crippen LogP contribution >= 0.6 is 11.3 Å². The third-order valence-electron chi connectivity index (χ3n) is 1.63. The lowest BCUT2D eigenvalue weighted by molar-refractivity contribution is -0.380. The maximum atomic E-state index is 11.2. The number of hydrogen-bond donors (Lipinski definition) is 1. The van der Waals surface area contributed by atoms with Crippen LogP contribution in [-0.2, 0) is 4.79 Å². The minimum absolute atomic E-state index is 0.0473. The smallest absolute Gasteiger partial charge is 0.301 e. The van der Waals surface area contributed by atoms with Crippen molar-refractivity contribution in [3.63, 3.8) is 0 Å². The second kappa shape index (κ2) is 6.06. The van der Waals surface area contributed by atoms with Crippen LogP contribution in [0.15, 0.2) is 17.2 Å². The van der Waals surface area contributed by atoms with E-state index in [9.17, 15) is 14.9 Å². The van der Waals surface area contributed by atoms with Gasteiger partial charge in [0.15, 0.2) is 0 Å². The third kappa shape index (κ3) is 4.70. The molecule has 1 N–H and O–H groups in total. The summed E-state index contributed by atoms with van der Waals surface area (Å²) in [4.78, 5) is 23.5. The number of carbonyl (C=O) groups excluding carboxylic acids is 1. The van der Waals surface area contributed by atoms with Crippen LogP contribution in [0.25, 0.3) is 0 Å². The Kier molecular flexibility index (Phi) is 4.73. The van der Waals surface area contributed by atoms with Gasteiger partial charge < -0.3 is 4.90 Å². The molecule has 17 heavy (non-hydrogen) atoms. The minimum atomic E-state index is -0.466. The van der Waals surface area contributed by atoms with Crippen LogP contribution in [0.1, 0.15) is 4.88 Å². The first-order chi connectivity index (χ1) is 7.99. The van der Waals surface area contributed by atoms with E-state index in [1.54, 1.807) is 25.1 Å². The Labute approximate surface area is 102 Å². The summed E-state index contributed by atoms with van der Waals surface area (Å²) in [5.41, 5.74) is 2.33. The number of nitrogens with one attached hydrogen (secondary N) is 1. The molecule has 0 radical (unpaired) electrons. The van der Waals surface area contributed by atoms with Crippen LogP contribution in [0, 0.1) is 10.1 Å². The predicted octanol–water partition coefficient (Wildman–Crippen LogP) is 0.668.